The molecule has 3 rings (SSSR count). The Hall–Kier alpha value is -3.03. The number of rotatable bonds is 2. The molecule has 0 radical (unpaired) electrons. The molecular formula is C18H16F3N3O2. The summed E-state index contributed by atoms with van der Waals surface area (Å²) < 4.78 is 39.9. The molecule has 1 heterocycles. The molecule has 1 aliphatic heterocycles. The third kappa shape index (κ3) is 3.79. The highest BCUT2D eigenvalue weighted by atomic mass is 19.2. The normalized spacial score (nSPS) is 14.3. The van der Waals surface area contributed by atoms with E-state index in [0.717, 1.165) is 12.1 Å². The van der Waals surface area contributed by atoms with Crippen molar-refractivity contribution in [2.45, 2.75) is 0 Å². The van der Waals surface area contributed by atoms with Gasteiger partial charge in [0.2, 0.25) is 0 Å². The summed E-state index contributed by atoms with van der Waals surface area (Å²) in [6.45, 7) is 1.26. The molecule has 2 aromatic rings. The summed E-state index contributed by atoms with van der Waals surface area (Å²) in [5.74, 6) is -4.21. The van der Waals surface area contributed by atoms with Crippen molar-refractivity contribution in [3.05, 3.63) is 59.9 Å². The van der Waals surface area contributed by atoms with Gasteiger partial charge >= 0.3 is 11.8 Å². The van der Waals surface area contributed by atoms with Gasteiger partial charge in [-0.15, -0.1) is 0 Å². The van der Waals surface area contributed by atoms with E-state index in [1.165, 1.54) is 17.0 Å². The van der Waals surface area contributed by atoms with Crippen LogP contribution in [0.4, 0.5) is 24.5 Å². The highest BCUT2D eigenvalue weighted by Gasteiger charge is 2.27. The van der Waals surface area contributed by atoms with Gasteiger partial charge in [-0.05, 0) is 24.3 Å². The molecule has 1 N–H and O–H groups in total. The van der Waals surface area contributed by atoms with Gasteiger partial charge in [-0.1, -0.05) is 12.1 Å². The molecule has 26 heavy (non-hydrogen) atoms. The third-order valence-corrected chi connectivity index (χ3v) is 4.13. The summed E-state index contributed by atoms with van der Waals surface area (Å²) in [6, 6.07) is 9.18. The van der Waals surface area contributed by atoms with Crippen LogP contribution in [0.5, 0.6) is 0 Å². The maximum Gasteiger partial charge on any atom is 0.313 e. The topological polar surface area (TPSA) is 52.7 Å². The van der Waals surface area contributed by atoms with Gasteiger partial charge in [0.15, 0.2) is 11.6 Å². The van der Waals surface area contributed by atoms with Gasteiger partial charge in [-0.2, -0.15) is 0 Å². The predicted molar refractivity (Wildman–Crippen MR) is 90.2 cm³/mol. The molecule has 0 unspecified atom stereocenters. The number of anilines is 2. The number of hydrogen-bond acceptors (Lipinski definition) is 3. The van der Waals surface area contributed by atoms with Crippen molar-refractivity contribution in [3.63, 3.8) is 0 Å². The number of hydrogen-bond donors (Lipinski definition) is 1. The molecule has 1 aliphatic rings. The number of para-hydroxylation sites is 1. The van der Waals surface area contributed by atoms with E-state index < -0.39 is 23.4 Å². The van der Waals surface area contributed by atoms with Crippen LogP contribution in [0, 0.1) is 17.5 Å². The summed E-state index contributed by atoms with van der Waals surface area (Å²) in [7, 11) is 0. The molecule has 1 saturated heterocycles. The van der Waals surface area contributed by atoms with E-state index in [1.54, 1.807) is 23.1 Å². The first-order chi connectivity index (χ1) is 12.5. The van der Waals surface area contributed by atoms with Crippen molar-refractivity contribution >= 4 is 23.2 Å². The van der Waals surface area contributed by atoms with E-state index in [-0.39, 0.29) is 24.6 Å². The van der Waals surface area contributed by atoms with Crippen LogP contribution in [0.25, 0.3) is 0 Å². The van der Waals surface area contributed by atoms with Gasteiger partial charge in [-0.25, -0.2) is 13.2 Å². The van der Waals surface area contributed by atoms with E-state index in [4.69, 9.17) is 0 Å². The molecule has 8 heteroatoms. The maximum absolute atomic E-state index is 13.8. The SMILES string of the molecule is O=C(Nc1ccc(F)c(F)c1)C(=O)N1CCN(c2ccccc2F)CC1. The second-order valence-electron chi connectivity index (χ2n) is 5.81. The van der Waals surface area contributed by atoms with Crippen LogP contribution in [-0.2, 0) is 9.59 Å². The number of carbonyl (C=O) groups is 2. The van der Waals surface area contributed by atoms with Crippen LogP contribution in [0.3, 0.4) is 0 Å². The average molecular weight is 363 g/mol. The number of halogens is 3. The Bertz CT molecular complexity index is 836. The first-order valence-electron chi connectivity index (χ1n) is 8.00. The largest absolute Gasteiger partial charge is 0.366 e. The molecule has 0 spiro atoms. The molecular weight excluding hydrogens is 347 g/mol. The molecule has 0 saturated carbocycles. The molecule has 0 aliphatic carbocycles. The van der Waals surface area contributed by atoms with Crippen molar-refractivity contribution in [3.8, 4) is 0 Å². The number of nitrogens with zero attached hydrogens (tertiary/aromatic N) is 2. The zero-order valence-corrected chi connectivity index (χ0v) is 13.7. The van der Waals surface area contributed by atoms with Crippen molar-refractivity contribution in [2.24, 2.45) is 0 Å². The van der Waals surface area contributed by atoms with E-state index >= 15 is 0 Å². The average Bonchev–Trinajstić information content (AvgIpc) is 2.65. The van der Waals surface area contributed by atoms with Gasteiger partial charge in [0.25, 0.3) is 0 Å². The van der Waals surface area contributed by atoms with Gasteiger partial charge in [0.1, 0.15) is 5.82 Å². The molecule has 5 nitrogen and oxygen atoms in total. The molecule has 2 amide bonds. The van der Waals surface area contributed by atoms with Gasteiger partial charge in [0, 0.05) is 37.9 Å². The standard InChI is InChI=1S/C18H16F3N3O2/c19-13-6-5-12(11-15(13)21)22-17(25)18(26)24-9-7-23(8-10-24)16-4-2-1-3-14(16)20/h1-6,11H,7-10H2,(H,22,25). The molecule has 0 aromatic heterocycles. The van der Waals surface area contributed by atoms with Crippen LogP contribution in [-0.4, -0.2) is 42.9 Å². The lowest BCUT2D eigenvalue weighted by atomic mass is 10.2. The lowest BCUT2D eigenvalue weighted by Crippen LogP contribution is -2.51. The van der Waals surface area contributed by atoms with Crippen LogP contribution in [0.2, 0.25) is 0 Å². The van der Waals surface area contributed by atoms with E-state index in [1.807, 2.05) is 0 Å². The Morgan fingerprint density at radius 2 is 1.54 bits per heavy atom. The Labute approximate surface area is 148 Å². The quantitative estimate of drug-likeness (QED) is 0.834. The van der Waals surface area contributed by atoms with Crippen molar-refractivity contribution in [1.29, 1.82) is 0 Å². The fourth-order valence-electron chi connectivity index (χ4n) is 2.76. The van der Waals surface area contributed by atoms with Crippen LogP contribution in [0.1, 0.15) is 0 Å². The highest BCUT2D eigenvalue weighted by Crippen LogP contribution is 2.20. The second kappa shape index (κ2) is 7.47. The molecule has 0 bridgehead atoms. The number of amides is 2. The van der Waals surface area contributed by atoms with Gasteiger partial charge in [-0.3, -0.25) is 9.59 Å². The van der Waals surface area contributed by atoms with Crippen LogP contribution in [0.15, 0.2) is 42.5 Å². The van der Waals surface area contributed by atoms with Crippen molar-refractivity contribution in [1.82, 2.24) is 4.90 Å². The minimum absolute atomic E-state index is 0.00718. The smallest absolute Gasteiger partial charge is 0.313 e. The maximum atomic E-state index is 13.8. The lowest BCUT2D eigenvalue weighted by molar-refractivity contribution is -0.143. The predicted octanol–water partition coefficient (Wildman–Crippen LogP) is 2.39. The Morgan fingerprint density at radius 3 is 2.19 bits per heavy atom. The monoisotopic (exact) mass is 363 g/mol. The summed E-state index contributed by atoms with van der Waals surface area (Å²) in [4.78, 5) is 27.4. The van der Waals surface area contributed by atoms with E-state index in [0.29, 0.717) is 18.8 Å². The Morgan fingerprint density at radius 1 is 0.846 bits per heavy atom. The Kier molecular flexibility index (Phi) is 5.11. The zero-order valence-electron chi connectivity index (χ0n) is 13.7. The minimum Gasteiger partial charge on any atom is -0.366 e. The molecule has 0 atom stereocenters. The summed E-state index contributed by atoms with van der Waals surface area (Å²) in [5, 5.41) is 2.25. The first kappa shape index (κ1) is 17.8. The lowest BCUT2D eigenvalue weighted by Gasteiger charge is -2.35. The number of piperazine rings is 1. The number of benzene rings is 2. The number of carbonyl (C=O) groups excluding carboxylic acids is 2. The third-order valence-electron chi connectivity index (χ3n) is 4.13. The first-order valence-corrected chi connectivity index (χ1v) is 8.00. The van der Waals surface area contributed by atoms with E-state index in [9.17, 15) is 22.8 Å². The molecule has 2 aromatic carbocycles. The fraction of sp³-hybridized carbons (Fsp3) is 0.222. The van der Waals surface area contributed by atoms with Gasteiger partial charge < -0.3 is 15.1 Å². The molecule has 1 fully saturated rings. The Balaban J connectivity index is 1.58. The number of nitrogens with one attached hydrogen (secondary N) is 1. The summed E-state index contributed by atoms with van der Waals surface area (Å²) >= 11 is 0. The fourth-order valence-corrected chi connectivity index (χ4v) is 2.76. The van der Waals surface area contributed by atoms with Gasteiger partial charge in [0.05, 0.1) is 5.69 Å². The summed E-state index contributed by atoms with van der Waals surface area (Å²) in [6.07, 6.45) is 0. The minimum atomic E-state index is -1.12. The second-order valence-corrected chi connectivity index (χ2v) is 5.81. The zero-order chi connectivity index (χ0) is 18.7. The van der Waals surface area contributed by atoms with Crippen LogP contribution >= 0.6 is 0 Å². The van der Waals surface area contributed by atoms with Crippen LogP contribution < -0.4 is 10.2 Å². The summed E-state index contributed by atoms with van der Waals surface area (Å²) in [5.41, 5.74) is 0.443. The van der Waals surface area contributed by atoms with E-state index in [2.05, 4.69) is 5.32 Å². The van der Waals surface area contributed by atoms with Crippen molar-refractivity contribution < 1.29 is 22.8 Å². The highest BCUT2D eigenvalue weighted by molar-refractivity contribution is 6.39. The van der Waals surface area contributed by atoms with Crippen molar-refractivity contribution in [2.75, 3.05) is 36.4 Å². The molecule has 136 valence electrons.